The average Bonchev–Trinajstić information content (AvgIpc) is 2.27. The summed E-state index contributed by atoms with van der Waals surface area (Å²) in [5.74, 6) is 0. The fourth-order valence-corrected chi connectivity index (χ4v) is 1.78. The highest BCUT2D eigenvalue weighted by Crippen LogP contribution is 2.30. The normalized spacial score (nSPS) is 12.0. The second-order valence-corrected chi connectivity index (χ2v) is 3.73. The van der Waals surface area contributed by atoms with Crippen LogP contribution in [0, 0.1) is 0 Å². The van der Waals surface area contributed by atoms with Crippen LogP contribution < -0.4 is 11.2 Å². The Morgan fingerprint density at radius 2 is 1.94 bits per heavy atom. The van der Waals surface area contributed by atoms with Crippen molar-refractivity contribution < 1.29 is 13.2 Å². The first-order valence-corrected chi connectivity index (χ1v) is 5.18. The highest BCUT2D eigenvalue weighted by atomic mass is 19.4. The summed E-state index contributed by atoms with van der Waals surface area (Å²) in [5.41, 5.74) is -2.30. The predicted octanol–water partition coefficient (Wildman–Crippen LogP) is 1.73. The first-order chi connectivity index (χ1) is 8.34. The van der Waals surface area contributed by atoms with Crippen molar-refractivity contribution in [1.82, 2.24) is 9.55 Å². The van der Waals surface area contributed by atoms with E-state index < -0.39 is 23.0 Å². The Hall–Kier alpha value is -2.05. The molecular formula is C11H9F3N2O2. The maximum atomic E-state index is 12.6. The molecule has 4 nitrogen and oxygen atoms in total. The van der Waals surface area contributed by atoms with E-state index in [0.717, 1.165) is 22.8 Å². The number of nitrogens with one attached hydrogen (secondary N) is 1. The third-order valence-corrected chi connectivity index (χ3v) is 2.64. The number of H-pyrrole nitrogens is 1. The highest BCUT2D eigenvalue weighted by molar-refractivity contribution is 5.78. The maximum Gasteiger partial charge on any atom is 0.416 e. The second kappa shape index (κ2) is 4.01. The summed E-state index contributed by atoms with van der Waals surface area (Å²) >= 11 is 0. The standard InChI is InChI=1S/C11H9F3N2O2/c1-2-16-8-5-6(11(12,13)14)3-4-7(8)9(17)15-10(16)18/h3-5H,2H2,1H3,(H,15,17,18). The number of alkyl halides is 3. The van der Waals surface area contributed by atoms with Crippen LogP contribution in [0.3, 0.4) is 0 Å². The van der Waals surface area contributed by atoms with Gasteiger partial charge >= 0.3 is 11.9 Å². The first kappa shape index (κ1) is 12.4. The molecule has 1 aromatic carbocycles. The van der Waals surface area contributed by atoms with Crippen LogP contribution in [0.15, 0.2) is 27.8 Å². The minimum Gasteiger partial charge on any atom is -0.294 e. The third-order valence-electron chi connectivity index (χ3n) is 2.64. The Bertz CT molecular complexity index is 713. The Labute approximate surface area is 98.7 Å². The Kier molecular flexibility index (Phi) is 2.76. The highest BCUT2D eigenvalue weighted by Gasteiger charge is 2.30. The number of rotatable bonds is 1. The van der Waals surface area contributed by atoms with E-state index in [1.807, 2.05) is 0 Å². The summed E-state index contributed by atoms with van der Waals surface area (Å²) < 4.78 is 38.8. The number of halogens is 3. The summed E-state index contributed by atoms with van der Waals surface area (Å²) in [6, 6.07) is 2.71. The molecule has 2 rings (SSSR count). The number of aryl methyl sites for hydroxylation is 1. The smallest absolute Gasteiger partial charge is 0.294 e. The minimum absolute atomic E-state index is 0.0129. The fraction of sp³-hybridized carbons (Fsp3) is 0.273. The molecule has 7 heteroatoms. The molecule has 0 fully saturated rings. The number of nitrogens with zero attached hydrogens (tertiary/aromatic N) is 1. The first-order valence-electron chi connectivity index (χ1n) is 5.18. The van der Waals surface area contributed by atoms with Crippen LogP contribution in [0.2, 0.25) is 0 Å². The molecular weight excluding hydrogens is 249 g/mol. The zero-order valence-electron chi connectivity index (χ0n) is 9.34. The van der Waals surface area contributed by atoms with Crippen molar-refractivity contribution in [3.63, 3.8) is 0 Å². The molecule has 0 aliphatic rings. The maximum absolute atomic E-state index is 12.6. The lowest BCUT2D eigenvalue weighted by molar-refractivity contribution is -0.137. The van der Waals surface area contributed by atoms with Gasteiger partial charge < -0.3 is 0 Å². The molecule has 0 atom stereocenters. The van der Waals surface area contributed by atoms with Crippen LogP contribution in [-0.2, 0) is 12.7 Å². The van der Waals surface area contributed by atoms with E-state index in [2.05, 4.69) is 4.98 Å². The summed E-state index contributed by atoms with van der Waals surface area (Å²) in [6.07, 6.45) is -4.51. The summed E-state index contributed by atoms with van der Waals surface area (Å²) in [4.78, 5) is 25.0. The van der Waals surface area contributed by atoms with Crippen molar-refractivity contribution in [3.8, 4) is 0 Å². The number of benzene rings is 1. The Morgan fingerprint density at radius 3 is 2.50 bits per heavy atom. The van der Waals surface area contributed by atoms with E-state index in [1.54, 1.807) is 6.92 Å². The van der Waals surface area contributed by atoms with Crippen LogP contribution in [0.5, 0.6) is 0 Å². The number of aromatic amines is 1. The molecule has 1 heterocycles. The largest absolute Gasteiger partial charge is 0.416 e. The minimum atomic E-state index is -4.51. The van der Waals surface area contributed by atoms with Crippen molar-refractivity contribution in [3.05, 3.63) is 44.6 Å². The SMILES string of the molecule is CCn1c(=O)[nH]c(=O)c2ccc(C(F)(F)F)cc21. The van der Waals surface area contributed by atoms with Gasteiger partial charge in [-0.15, -0.1) is 0 Å². The second-order valence-electron chi connectivity index (χ2n) is 3.73. The monoisotopic (exact) mass is 258 g/mol. The summed E-state index contributed by atoms with van der Waals surface area (Å²) in [5, 5.41) is 0.0597. The van der Waals surface area contributed by atoms with Gasteiger partial charge in [-0.05, 0) is 25.1 Å². The van der Waals surface area contributed by atoms with Crippen LogP contribution >= 0.6 is 0 Å². The van der Waals surface area contributed by atoms with Gasteiger partial charge in [0.1, 0.15) is 0 Å². The summed E-state index contributed by atoms with van der Waals surface area (Å²) in [7, 11) is 0. The van der Waals surface area contributed by atoms with Crippen molar-refractivity contribution in [2.45, 2.75) is 19.6 Å². The van der Waals surface area contributed by atoms with Gasteiger partial charge in [-0.2, -0.15) is 13.2 Å². The number of fused-ring (bicyclic) bond motifs is 1. The van der Waals surface area contributed by atoms with Gasteiger partial charge in [-0.1, -0.05) is 0 Å². The number of hydrogen-bond donors (Lipinski definition) is 1. The molecule has 0 saturated heterocycles. The molecule has 18 heavy (non-hydrogen) atoms. The van der Waals surface area contributed by atoms with E-state index >= 15 is 0 Å². The van der Waals surface area contributed by atoms with Gasteiger partial charge in [0.2, 0.25) is 0 Å². The summed E-state index contributed by atoms with van der Waals surface area (Å²) in [6.45, 7) is 1.78. The fourth-order valence-electron chi connectivity index (χ4n) is 1.78. The molecule has 0 aliphatic heterocycles. The van der Waals surface area contributed by atoms with Crippen molar-refractivity contribution in [1.29, 1.82) is 0 Å². The Balaban J connectivity index is 2.91. The molecule has 0 aliphatic carbocycles. The molecule has 0 spiro atoms. The van der Waals surface area contributed by atoms with E-state index in [9.17, 15) is 22.8 Å². The number of aromatic nitrogens is 2. The molecule has 1 aromatic heterocycles. The van der Waals surface area contributed by atoms with Crippen molar-refractivity contribution >= 4 is 10.9 Å². The third kappa shape index (κ3) is 1.92. The van der Waals surface area contributed by atoms with Gasteiger partial charge in [0, 0.05) is 6.54 Å². The van der Waals surface area contributed by atoms with Crippen LogP contribution in [0.1, 0.15) is 12.5 Å². The van der Waals surface area contributed by atoms with Crippen LogP contribution in [-0.4, -0.2) is 9.55 Å². The van der Waals surface area contributed by atoms with Gasteiger partial charge in [0.05, 0.1) is 16.5 Å². The lowest BCUT2D eigenvalue weighted by Crippen LogP contribution is -2.30. The van der Waals surface area contributed by atoms with Gasteiger partial charge in [0.25, 0.3) is 5.56 Å². The van der Waals surface area contributed by atoms with E-state index in [1.165, 1.54) is 0 Å². The van der Waals surface area contributed by atoms with Crippen LogP contribution in [0.25, 0.3) is 10.9 Å². The molecule has 0 radical (unpaired) electrons. The molecule has 0 bridgehead atoms. The molecule has 2 aromatic rings. The quantitative estimate of drug-likeness (QED) is 0.846. The van der Waals surface area contributed by atoms with E-state index in [0.29, 0.717) is 0 Å². The van der Waals surface area contributed by atoms with Gasteiger partial charge in [0.15, 0.2) is 0 Å². The lowest BCUT2D eigenvalue weighted by atomic mass is 10.1. The van der Waals surface area contributed by atoms with E-state index in [-0.39, 0.29) is 17.4 Å². The molecule has 0 unspecified atom stereocenters. The molecule has 96 valence electrons. The van der Waals surface area contributed by atoms with Crippen LogP contribution in [0.4, 0.5) is 13.2 Å². The molecule has 0 amide bonds. The Morgan fingerprint density at radius 1 is 1.28 bits per heavy atom. The van der Waals surface area contributed by atoms with Gasteiger partial charge in [-0.25, -0.2) is 4.79 Å². The van der Waals surface area contributed by atoms with Crippen molar-refractivity contribution in [2.75, 3.05) is 0 Å². The molecule has 0 saturated carbocycles. The topological polar surface area (TPSA) is 54.9 Å². The predicted molar refractivity (Wildman–Crippen MR) is 59.5 cm³/mol. The zero-order valence-corrected chi connectivity index (χ0v) is 9.34. The number of hydrogen-bond acceptors (Lipinski definition) is 2. The average molecular weight is 258 g/mol. The van der Waals surface area contributed by atoms with Crippen molar-refractivity contribution in [2.24, 2.45) is 0 Å². The lowest BCUT2D eigenvalue weighted by Gasteiger charge is -2.10. The van der Waals surface area contributed by atoms with E-state index in [4.69, 9.17) is 0 Å². The zero-order chi connectivity index (χ0) is 13.5. The van der Waals surface area contributed by atoms with Gasteiger partial charge in [-0.3, -0.25) is 14.3 Å². The molecule has 1 N–H and O–H groups in total.